The van der Waals surface area contributed by atoms with Crippen LogP contribution in [0.15, 0.2) is 84.9 Å². The molecule has 0 aliphatic carbocycles. The third kappa shape index (κ3) is 8.65. The van der Waals surface area contributed by atoms with Crippen molar-refractivity contribution in [1.29, 1.82) is 0 Å². The summed E-state index contributed by atoms with van der Waals surface area (Å²) in [6.45, 7) is 12.5. The summed E-state index contributed by atoms with van der Waals surface area (Å²) in [5.74, 6) is -1.42. The number of carbonyl (C=O) groups excluding carboxylic acids is 1. The van der Waals surface area contributed by atoms with Crippen molar-refractivity contribution in [3.63, 3.8) is 0 Å². The maximum absolute atomic E-state index is 14.7. The van der Waals surface area contributed by atoms with E-state index in [2.05, 4.69) is 0 Å². The smallest absolute Gasteiger partial charge is 0.410 e. The quantitative estimate of drug-likeness (QED) is 0.175. The Bertz CT molecular complexity index is 2320. The number of carbonyl (C=O) groups is 2. The molecule has 0 spiro atoms. The second-order valence-corrected chi connectivity index (χ2v) is 16.8. The molecule has 4 aromatic carbocycles. The van der Waals surface area contributed by atoms with E-state index in [1.165, 1.54) is 23.1 Å². The third-order valence-electron chi connectivity index (χ3n) is 10.3. The molecule has 1 N–H and O–H groups in total. The number of fused-ring (bicyclic) bond motifs is 1. The molecule has 298 valence electrons. The summed E-state index contributed by atoms with van der Waals surface area (Å²) in [6.07, 6.45) is -1.14. The molecule has 3 atom stereocenters. The van der Waals surface area contributed by atoms with Crippen LogP contribution in [0.4, 0.5) is 22.8 Å². The summed E-state index contributed by atoms with van der Waals surface area (Å²) >= 11 is 0. The first-order chi connectivity index (χ1) is 26.9. The summed E-state index contributed by atoms with van der Waals surface area (Å²) in [7, 11) is 0. The fourth-order valence-electron chi connectivity index (χ4n) is 7.73. The Morgan fingerprint density at radius 1 is 0.737 bits per heavy atom. The molecule has 0 radical (unpaired) electrons. The number of pyridine rings is 1. The molecular formula is C45H46F3N3O6. The lowest BCUT2D eigenvalue weighted by atomic mass is 9.83. The van der Waals surface area contributed by atoms with Crippen molar-refractivity contribution in [2.75, 3.05) is 19.6 Å². The molecule has 12 heteroatoms. The van der Waals surface area contributed by atoms with Crippen LogP contribution in [0.25, 0.3) is 44.4 Å². The van der Waals surface area contributed by atoms with E-state index in [1.807, 2.05) is 71.9 Å². The van der Waals surface area contributed by atoms with Crippen LogP contribution in [0.2, 0.25) is 0 Å². The van der Waals surface area contributed by atoms with Gasteiger partial charge in [-0.05, 0) is 98.0 Å². The molecule has 5 aromatic rings. The molecule has 3 heterocycles. The molecule has 2 fully saturated rings. The molecule has 2 saturated heterocycles. The Labute approximate surface area is 330 Å². The van der Waals surface area contributed by atoms with Gasteiger partial charge in [0.25, 0.3) is 0 Å². The van der Waals surface area contributed by atoms with E-state index in [1.54, 1.807) is 29.2 Å². The summed E-state index contributed by atoms with van der Waals surface area (Å²) in [5, 5.41) is 10.7. The number of carboxylic acid groups (broad SMARTS) is 1. The van der Waals surface area contributed by atoms with Crippen LogP contribution < -0.4 is 9.47 Å². The van der Waals surface area contributed by atoms with Crippen molar-refractivity contribution in [1.82, 2.24) is 14.8 Å². The molecule has 0 saturated carbocycles. The van der Waals surface area contributed by atoms with Gasteiger partial charge in [0.1, 0.15) is 35.1 Å². The van der Waals surface area contributed by atoms with Crippen molar-refractivity contribution < 1.29 is 42.1 Å². The molecule has 1 aromatic heterocycles. The molecule has 57 heavy (non-hydrogen) atoms. The number of aromatic nitrogens is 1. The van der Waals surface area contributed by atoms with Crippen LogP contribution in [-0.2, 0) is 4.74 Å². The van der Waals surface area contributed by atoms with Crippen molar-refractivity contribution >= 4 is 23.1 Å². The van der Waals surface area contributed by atoms with Crippen molar-refractivity contribution in [2.24, 2.45) is 5.41 Å². The predicted molar refractivity (Wildman–Crippen MR) is 212 cm³/mol. The van der Waals surface area contributed by atoms with Crippen LogP contribution >= 0.6 is 0 Å². The van der Waals surface area contributed by atoms with E-state index < -0.39 is 47.0 Å². The average molecular weight is 782 g/mol. The van der Waals surface area contributed by atoms with Crippen LogP contribution in [0.1, 0.15) is 54.4 Å². The zero-order chi connectivity index (χ0) is 40.8. The van der Waals surface area contributed by atoms with Gasteiger partial charge in [-0.2, -0.15) is 0 Å². The van der Waals surface area contributed by atoms with E-state index in [0.29, 0.717) is 71.9 Å². The SMILES string of the molecule is CC(C)(C)OC(=O)N1CCC(Oc2ccc(-c3ccc4cc(OC5CCN(C(=O)O)C5C(C)(C)C)c(-c5ccc(F)c(F)c5)cc4n3)cc2-c2ccc(F)cc2)C1. The Morgan fingerprint density at radius 3 is 2.12 bits per heavy atom. The number of halogens is 3. The van der Waals surface area contributed by atoms with Gasteiger partial charge in [-0.1, -0.05) is 45.0 Å². The Hall–Kier alpha value is -5.78. The van der Waals surface area contributed by atoms with Gasteiger partial charge in [-0.3, -0.25) is 0 Å². The molecule has 2 aliphatic heterocycles. The zero-order valence-electron chi connectivity index (χ0n) is 32.8. The van der Waals surface area contributed by atoms with Gasteiger partial charge in [0.05, 0.1) is 23.8 Å². The number of ether oxygens (including phenoxy) is 3. The lowest BCUT2D eigenvalue weighted by molar-refractivity contribution is 0.0275. The summed E-state index contributed by atoms with van der Waals surface area (Å²) in [5.41, 5.74) is 3.12. The minimum absolute atomic E-state index is 0.289. The average Bonchev–Trinajstić information content (AvgIpc) is 3.80. The highest BCUT2D eigenvalue weighted by atomic mass is 19.2. The summed E-state index contributed by atoms with van der Waals surface area (Å²) in [4.78, 5) is 32.9. The van der Waals surface area contributed by atoms with Gasteiger partial charge < -0.3 is 29.1 Å². The van der Waals surface area contributed by atoms with Crippen LogP contribution in [0.3, 0.4) is 0 Å². The molecular weight excluding hydrogens is 736 g/mol. The first-order valence-corrected chi connectivity index (χ1v) is 19.0. The monoisotopic (exact) mass is 781 g/mol. The molecule has 3 unspecified atom stereocenters. The minimum atomic E-state index is -1.03. The van der Waals surface area contributed by atoms with E-state index >= 15 is 0 Å². The van der Waals surface area contributed by atoms with Crippen LogP contribution in [0.5, 0.6) is 11.5 Å². The molecule has 9 nitrogen and oxygen atoms in total. The molecule has 2 aliphatic rings. The highest BCUT2D eigenvalue weighted by Gasteiger charge is 2.45. The van der Waals surface area contributed by atoms with Crippen LogP contribution in [0, 0.1) is 22.9 Å². The number of hydrogen-bond donors (Lipinski definition) is 1. The maximum atomic E-state index is 14.7. The van der Waals surface area contributed by atoms with Gasteiger partial charge in [-0.25, -0.2) is 27.7 Å². The first kappa shape index (κ1) is 39.5. The maximum Gasteiger partial charge on any atom is 0.410 e. The highest BCUT2D eigenvalue weighted by Crippen LogP contribution is 2.41. The van der Waals surface area contributed by atoms with Crippen molar-refractivity contribution in [2.45, 2.75) is 78.2 Å². The Balaban J connectivity index is 1.25. The van der Waals surface area contributed by atoms with Gasteiger partial charge in [0.15, 0.2) is 11.6 Å². The number of hydrogen-bond acceptors (Lipinski definition) is 6. The second-order valence-electron chi connectivity index (χ2n) is 16.8. The van der Waals surface area contributed by atoms with Crippen molar-refractivity contribution in [3.8, 4) is 45.0 Å². The summed E-state index contributed by atoms with van der Waals surface area (Å²) in [6, 6.07) is 22.3. The third-order valence-corrected chi connectivity index (χ3v) is 10.3. The van der Waals surface area contributed by atoms with E-state index in [4.69, 9.17) is 19.2 Å². The standard InChI is InChI=1S/C45H46F3N3O6/c1-44(2,3)41-39(18-20-51(41)42(52)53)56-40-23-29-10-15-36(49-37(29)24-33(40)27-9-14-34(47)35(48)22-27)28-11-16-38(32(21-28)26-7-12-30(46)13-8-26)55-31-17-19-50(25-31)43(54)57-45(4,5)6/h7-16,21-24,31,39,41H,17-20,25H2,1-6H3,(H,52,53). The van der Waals surface area contributed by atoms with E-state index in [9.17, 15) is 27.9 Å². The number of likely N-dealkylation sites (tertiary alicyclic amines) is 2. The lowest BCUT2D eigenvalue weighted by Gasteiger charge is -2.37. The van der Waals surface area contributed by atoms with Gasteiger partial charge in [0.2, 0.25) is 0 Å². The molecule has 2 amide bonds. The second kappa shape index (κ2) is 15.3. The predicted octanol–water partition coefficient (Wildman–Crippen LogP) is 10.6. The molecule has 7 rings (SSSR count). The largest absolute Gasteiger partial charge is 0.488 e. The highest BCUT2D eigenvalue weighted by molar-refractivity contribution is 5.90. The van der Waals surface area contributed by atoms with Gasteiger partial charge in [-0.15, -0.1) is 0 Å². The van der Waals surface area contributed by atoms with Crippen molar-refractivity contribution in [3.05, 3.63) is 102 Å². The zero-order valence-corrected chi connectivity index (χ0v) is 32.8. The Morgan fingerprint density at radius 2 is 1.44 bits per heavy atom. The minimum Gasteiger partial charge on any atom is -0.488 e. The van der Waals surface area contributed by atoms with Gasteiger partial charge in [0, 0.05) is 48.0 Å². The fourth-order valence-corrected chi connectivity index (χ4v) is 7.73. The lowest BCUT2D eigenvalue weighted by Crippen LogP contribution is -2.48. The number of rotatable bonds is 7. The number of benzene rings is 4. The van der Waals surface area contributed by atoms with Crippen LogP contribution in [-0.4, -0.2) is 75.6 Å². The molecule has 0 bridgehead atoms. The Kier molecular flexibility index (Phi) is 10.6. The fraction of sp³-hybridized carbons (Fsp3) is 0.356. The normalized spacial score (nSPS) is 18.6. The number of nitrogens with zero attached hydrogens (tertiary/aromatic N) is 3. The van der Waals surface area contributed by atoms with E-state index in [-0.39, 0.29) is 11.9 Å². The van der Waals surface area contributed by atoms with E-state index in [0.717, 1.165) is 28.6 Å². The topological polar surface area (TPSA) is 101 Å². The first-order valence-electron chi connectivity index (χ1n) is 19.0. The summed E-state index contributed by atoms with van der Waals surface area (Å²) < 4.78 is 61.5. The van der Waals surface area contributed by atoms with Gasteiger partial charge >= 0.3 is 12.2 Å². The number of amides is 2.